The second kappa shape index (κ2) is 7.72. The number of hydrogen-bond acceptors (Lipinski definition) is 6. The van der Waals surface area contributed by atoms with E-state index in [0.717, 1.165) is 64.4 Å². The van der Waals surface area contributed by atoms with Gasteiger partial charge in [-0.05, 0) is 36.5 Å². The van der Waals surface area contributed by atoms with E-state index in [1.54, 1.807) is 17.5 Å². The van der Waals surface area contributed by atoms with Crippen molar-refractivity contribution in [3.63, 3.8) is 0 Å². The van der Waals surface area contributed by atoms with Gasteiger partial charge in [-0.3, -0.25) is 0 Å². The number of nitrogen functional groups attached to an aromatic ring is 1. The van der Waals surface area contributed by atoms with Gasteiger partial charge in [0.15, 0.2) is 5.82 Å². The molecule has 6 rings (SSSR count). The topological polar surface area (TPSA) is 83.8 Å². The Morgan fingerprint density at radius 1 is 1.16 bits per heavy atom. The lowest BCUT2D eigenvalue weighted by atomic mass is 10.1. The molecule has 0 unspecified atom stereocenters. The Balaban J connectivity index is 1.20. The van der Waals surface area contributed by atoms with Gasteiger partial charge in [0.05, 0.1) is 21.8 Å². The number of aryl methyl sites for hydroxylation is 2. The largest absolute Gasteiger partial charge is 0.382 e. The summed E-state index contributed by atoms with van der Waals surface area (Å²) in [7, 11) is 2.06. The first-order valence-corrected chi connectivity index (χ1v) is 11.7. The maximum absolute atomic E-state index is 6.28. The summed E-state index contributed by atoms with van der Waals surface area (Å²) < 4.78 is 11.3. The average molecular weight is 445 g/mol. The third-order valence-corrected chi connectivity index (χ3v) is 7.35. The molecule has 0 spiro atoms. The van der Waals surface area contributed by atoms with Crippen LogP contribution in [0.5, 0.6) is 0 Å². The maximum atomic E-state index is 6.28. The molecule has 0 saturated carbocycles. The minimum absolute atomic E-state index is 0.291. The summed E-state index contributed by atoms with van der Waals surface area (Å²) in [5.74, 6) is 1.48. The van der Waals surface area contributed by atoms with Gasteiger partial charge in [-0.25, -0.2) is 14.6 Å². The van der Waals surface area contributed by atoms with Crippen LogP contribution >= 0.6 is 11.3 Å². The molecule has 0 amide bonds. The Bertz CT molecular complexity index is 1390. The van der Waals surface area contributed by atoms with E-state index in [9.17, 15) is 0 Å². The van der Waals surface area contributed by atoms with Crippen LogP contribution < -0.4 is 5.73 Å². The van der Waals surface area contributed by atoms with Crippen LogP contribution in [-0.2, 0) is 31.0 Å². The molecular weight excluding hydrogens is 420 g/mol. The zero-order valence-corrected chi connectivity index (χ0v) is 18.7. The molecule has 0 aliphatic heterocycles. The van der Waals surface area contributed by atoms with Crippen molar-refractivity contribution in [1.82, 2.24) is 24.3 Å². The molecule has 8 heteroatoms. The first-order valence-electron chi connectivity index (χ1n) is 10.9. The quantitative estimate of drug-likeness (QED) is 0.399. The van der Waals surface area contributed by atoms with Gasteiger partial charge >= 0.3 is 0 Å². The zero-order valence-electron chi connectivity index (χ0n) is 17.9. The van der Waals surface area contributed by atoms with Crippen molar-refractivity contribution >= 4 is 38.4 Å². The van der Waals surface area contributed by atoms with E-state index in [1.165, 1.54) is 11.1 Å². The third kappa shape index (κ3) is 3.27. The molecule has 1 aliphatic carbocycles. The van der Waals surface area contributed by atoms with Crippen LogP contribution in [0.3, 0.4) is 0 Å². The number of nitrogens with zero attached hydrogens (tertiary/aromatic N) is 5. The summed E-state index contributed by atoms with van der Waals surface area (Å²) in [6.45, 7) is 0.730. The lowest BCUT2D eigenvalue weighted by Crippen LogP contribution is -2.14. The predicted molar refractivity (Wildman–Crippen MR) is 127 cm³/mol. The van der Waals surface area contributed by atoms with Gasteiger partial charge in [0, 0.05) is 38.5 Å². The average Bonchev–Trinajstić information content (AvgIpc) is 3.56. The van der Waals surface area contributed by atoms with Crippen LogP contribution in [0.2, 0.25) is 0 Å². The van der Waals surface area contributed by atoms with Crippen LogP contribution in [0.15, 0.2) is 48.8 Å². The number of fused-ring (bicyclic) bond motifs is 4. The Morgan fingerprint density at radius 2 is 1.97 bits per heavy atom. The molecular formula is C24H24N6OS. The number of anilines is 1. The van der Waals surface area contributed by atoms with E-state index in [-0.39, 0.29) is 0 Å². The van der Waals surface area contributed by atoms with Crippen LogP contribution in [0.1, 0.15) is 23.4 Å². The third-order valence-electron chi connectivity index (χ3n) is 6.23. The summed E-state index contributed by atoms with van der Waals surface area (Å²) in [5, 5.41) is 5.35. The summed E-state index contributed by atoms with van der Waals surface area (Å²) in [6, 6.07) is 12.6. The zero-order chi connectivity index (χ0) is 21.7. The fraction of sp³-hybridized carbons (Fsp3) is 0.292. The number of nitrogens with two attached hydrogens (primary N) is 1. The molecule has 0 fully saturated rings. The molecule has 0 atom stereocenters. The summed E-state index contributed by atoms with van der Waals surface area (Å²) in [4.78, 5) is 9.44. The first kappa shape index (κ1) is 19.5. The number of pyridine rings is 1. The molecule has 1 aliphatic rings. The first-order chi connectivity index (χ1) is 15.7. The van der Waals surface area contributed by atoms with Crippen LogP contribution in [-0.4, -0.2) is 37.0 Å². The number of thiophene rings is 1. The highest BCUT2D eigenvalue weighted by Gasteiger charge is 2.22. The lowest BCUT2D eigenvalue weighted by molar-refractivity contribution is 0.0589. The molecule has 32 heavy (non-hydrogen) atoms. The van der Waals surface area contributed by atoms with E-state index >= 15 is 0 Å². The monoisotopic (exact) mass is 444 g/mol. The highest BCUT2D eigenvalue weighted by Crippen LogP contribution is 2.35. The van der Waals surface area contributed by atoms with Crippen LogP contribution in [0.4, 0.5) is 5.82 Å². The van der Waals surface area contributed by atoms with Crippen LogP contribution in [0, 0.1) is 0 Å². The second-order valence-electron chi connectivity index (χ2n) is 8.30. The smallest absolute Gasteiger partial charge is 0.152 e. The molecule has 1 aromatic carbocycles. The number of hydrogen-bond donors (Lipinski definition) is 1. The maximum Gasteiger partial charge on any atom is 0.152 e. The second-order valence-corrected chi connectivity index (χ2v) is 9.33. The van der Waals surface area contributed by atoms with Crippen molar-refractivity contribution < 1.29 is 4.74 Å². The molecule has 7 nitrogen and oxygen atoms in total. The van der Waals surface area contributed by atoms with E-state index in [0.29, 0.717) is 11.9 Å². The minimum atomic E-state index is 0.291. The van der Waals surface area contributed by atoms with Gasteiger partial charge in [0.25, 0.3) is 0 Å². The normalized spacial score (nSPS) is 14.0. The van der Waals surface area contributed by atoms with Gasteiger partial charge in [-0.2, -0.15) is 5.10 Å². The number of ether oxygens (including phenoxy) is 1. The Morgan fingerprint density at radius 3 is 2.72 bits per heavy atom. The number of benzene rings is 1. The molecule has 0 bridgehead atoms. The van der Waals surface area contributed by atoms with Gasteiger partial charge in [-0.15, -0.1) is 11.3 Å². The SMILES string of the molecule is Cn1c(CCCOC2Cc3ccccc3C2)nc2c(N)nc3cc(-n4cccn4)sc3c21. The minimum Gasteiger partial charge on any atom is -0.382 e. The highest BCUT2D eigenvalue weighted by molar-refractivity contribution is 7.22. The molecule has 5 aromatic rings. The fourth-order valence-corrected chi connectivity index (χ4v) is 5.76. The van der Waals surface area contributed by atoms with E-state index in [2.05, 4.69) is 46.0 Å². The highest BCUT2D eigenvalue weighted by atomic mass is 32.1. The van der Waals surface area contributed by atoms with Gasteiger partial charge in [0.2, 0.25) is 0 Å². The Hall–Kier alpha value is -3.23. The van der Waals surface area contributed by atoms with Crippen molar-refractivity contribution in [2.45, 2.75) is 31.8 Å². The summed E-state index contributed by atoms with van der Waals surface area (Å²) >= 11 is 1.66. The van der Waals surface area contributed by atoms with Crippen molar-refractivity contribution in [3.8, 4) is 5.00 Å². The summed E-state index contributed by atoms with van der Waals surface area (Å²) in [6.07, 6.45) is 7.78. The van der Waals surface area contributed by atoms with Gasteiger partial charge in [0.1, 0.15) is 16.3 Å². The standard InChI is InChI=1S/C24H24N6OS/c1-29-19(8-4-11-31-17-12-15-6-2-3-7-16(15)13-17)28-21-22(29)23-18(27-24(21)25)14-20(32-23)30-10-5-9-26-30/h2-3,5-7,9-10,14,17H,4,8,11-13H2,1H3,(H2,25,27). The van der Waals surface area contributed by atoms with Crippen molar-refractivity contribution in [3.05, 3.63) is 65.7 Å². The number of rotatable bonds is 6. The Labute approximate surface area is 189 Å². The van der Waals surface area contributed by atoms with E-state index < -0.39 is 0 Å². The lowest BCUT2D eigenvalue weighted by Gasteiger charge is -2.11. The molecule has 2 N–H and O–H groups in total. The number of imidazole rings is 1. The molecule has 162 valence electrons. The Kier molecular flexibility index (Phi) is 4.69. The number of aromatic nitrogens is 5. The van der Waals surface area contributed by atoms with Crippen LogP contribution in [0.25, 0.3) is 26.3 Å². The molecule has 4 heterocycles. The fourth-order valence-electron chi connectivity index (χ4n) is 4.64. The van der Waals surface area contributed by atoms with E-state index in [4.69, 9.17) is 15.5 Å². The predicted octanol–water partition coefficient (Wildman–Crippen LogP) is 4.07. The summed E-state index contributed by atoms with van der Waals surface area (Å²) in [5.41, 5.74) is 11.8. The van der Waals surface area contributed by atoms with Crippen molar-refractivity contribution in [2.75, 3.05) is 12.3 Å². The molecule has 0 radical (unpaired) electrons. The van der Waals surface area contributed by atoms with Gasteiger partial charge in [-0.1, -0.05) is 24.3 Å². The van der Waals surface area contributed by atoms with Crippen molar-refractivity contribution in [2.24, 2.45) is 7.05 Å². The molecule has 4 aromatic heterocycles. The van der Waals surface area contributed by atoms with Crippen molar-refractivity contribution in [1.29, 1.82) is 0 Å². The van der Waals surface area contributed by atoms with Gasteiger partial charge < -0.3 is 15.0 Å². The van der Waals surface area contributed by atoms with E-state index in [1.807, 2.05) is 23.0 Å². The molecule has 0 saturated heterocycles.